The van der Waals surface area contributed by atoms with Crippen molar-refractivity contribution in [1.29, 1.82) is 0 Å². The molecule has 1 atom stereocenters. The fraction of sp³-hybridized carbons (Fsp3) is 0.476. The third-order valence-electron chi connectivity index (χ3n) is 12.7. The van der Waals surface area contributed by atoms with Gasteiger partial charge in [0, 0.05) is 69.5 Å². The molecule has 4 aliphatic heterocycles. The van der Waals surface area contributed by atoms with Gasteiger partial charge in [0.2, 0.25) is 20.0 Å². The molecule has 292 valence electrons. The molecule has 55 heavy (non-hydrogen) atoms. The van der Waals surface area contributed by atoms with E-state index in [2.05, 4.69) is 18.8 Å². The Morgan fingerprint density at radius 3 is 2.11 bits per heavy atom. The van der Waals surface area contributed by atoms with Gasteiger partial charge in [0.1, 0.15) is 40.6 Å². The lowest BCUT2D eigenvalue weighted by Crippen LogP contribution is -2.71. The maximum Gasteiger partial charge on any atom is 0.522 e. The summed E-state index contributed by atoms with van der Waals surface area (Å²) in [6, 6.07) is 14.5. The van der Waals surface area contributed by atoms with E-state index in [4.69, 9.17) is 9.47 Å². The summed E-state index contributed by atoms with van der Waals surface area (Å²) < 4.78 is 72.9. The van der Waals surface area contributed by atoms with E-state index in [0.29, 0.717) is 41.7 Å². The first-order valence-electron chi connectivity index (χ1n) is 19.4. The molecule has 3 aromatic carbocycles. The molecule has 2 saturated heterocycles. The maximum atomic E-state index is 14.6. The lowest BCUT2D eigenvalue weighted by Gasteiger charge is -2.51. The summed E-state index contributed by atoms with van der Waals surface area (Å²) in [4.78, 5) is 19.5. The highest BCUT2D eigenvalue weighted by Gasteiger charge is 2.58. The Labute approximate surface area is 324 Å². The average Bonchev–Trinajstić information content (AvgIpc) is 3.16. The molecule has 13 heteroatoms. The Bertz CT molecular complexity index is 2430. The number of rotatable bonds is 6. The summed E-state index contributed by atoms with van der Waals surface area (Å²) in [5.41, 5.74) is 6.17. The standard InChI is InChI=1S/C42H51N4O7S2/c1-27-24-31-11-9-13-37(38(31)43-25-27)54(48,49)44-20-15-33(16-21-44)46(36-12-8-7-10-32(36)26-52-41(46)47)34-17-22-45(23-18-34)55(50,51)40-29(3)28(2)39-35(30(40)4)14-19-42(5,6)53-39/h7-13,24-25,33-34H,14-23,26H2,1-6H3/q+1. The van der Waals surface area contributed by atoms with Crippen molar-refractivity contribution in [2.24, 2.45) is 0 Å². The number of para-hydroxylation sites is 2. The Balaban J connectivity index is 1.09. The highest BCUT2D eigenvalue weighted by atomic mass is 32.2. The van der Waals surface area contributed by atoms with Crippen molar-refractivity contribution in [2.45, 2.75) is 114 Å². The normalized spacial score (nSPS) is 22.8. The predicted molar refractivity (Wildman–Crippen MR) is 212 cm³/mol. The van der Waals surface area contributed by atoms with Gasteiger partial charge in [-0.3, -0.25) is 4.98 Å². The van der Waals surface area contributed by atoms with Gasteiger partial charge >= 0.3 is 6.09 Å². The van der Waals surface area contributed by atoms with Crippen LogP contribution in [0.1, 0.15) is 79.3 Å². The molecule has 4 aromatic rings. The smallest absolute Gasteiger partial charge is 0.487 e. The molecule has 2 fully saturated rings. The fourth-order valence-corrected chi connectivity index (χ4v) is 13.4. The number of carbonyl (C=O) groups is 1. The average molecular weight is 788 g/mol. The number of hydrogen-bond donors (Lipinski definition) is 0. The number of hydrogen-bond acceptors (Lipinski definition) is 8. The minimum Gasteiger partial charge on any atom is -0.487 e. The Hall–Kier alpha value is -3.88. The number of aromatic nitrogens is 1. The van der Waals surface area contributed by atoms with E-state index < -0.39 is 20.0 Å². The highest BCUT2D eigenvalue weighted by Crippen LogP contribution is 2.46. The van der Waals surface area contributed by atoms with E-state index in [-0.39, 0.29) is 65.9 Å². The summed E-state index contributed by atoms with van der Waals surface area (Å²) in [6.45, 7) is 12.9. The second-order valence-electron chi connectivity index (χ2n) is 16.4. The van der Waals surface area contributed by atoms with E-state index >= 15 is 0 Å². The third-order valence-corrected chi connectivity index (χ3v) is 16.8. The van der Waals surface area contributed by atoms with Crippen LogP contribution >= 0.6 is 0 Å². The van der Waals surface area contributed by atoms with E-state index in [1.807, 2.05) is 64.1 Å². The van der Waals surface area contributed by atoms with Gasteiger partial charge in [-0.25, -0.2) is 16.8 Å². The Morgan fingerprint density at radius 2 is 1.44 bits per heavy atom. The first-order valence-corrected chi connectivity index (χ1v) is 22.3. The van der Waals surface area contributed by atoms with Crippen LogP contribution < -0.4 is 9.22 Å². The number of quaternary nitrogens is 1. The molecule has 0 aliphatic carbocycles. The van der Waals surface area contributed by atoms with Crippen molar-refractivity contribution in [1.82, 2.24) is 18.1 Å². The molecular weight excluding hydrogens is 737 g/mol. The van der Waals surface area contributed by atoms with Crippen LogP contribution in [0.3, 0.4) is 0 Å². The van der Waals surface area contributed by atoms with Gasteiger partial charge in [-0.2, -0.15) is 17.9 Å². The number of nitrogens with zero attached hydrogens (tertiary/aromatic N) is 4. The number of piperidine rings is 2. The van der Waals surface area contributed by atoms with E-state index in [1.54, 1.807) is 22.6 Å². The fourth-order valence-electron chi connectivity index (χ4n) is 9.76. The lowest BCUT2D eigenvalue weighted by atomic mass is 9.88. The number of aryl methyl sites for hydroxylation is 1. The molecular formula is C42H51N4O7S2+. The van der Waals surface area contributed by atoms with Gasteiger partial charge in [-0.1, -0.05) is 24.3 Å². The van der Waals surface area contributed by atoms with Crippen molar-refractivity contribution in [3.8, 4) is 5.75 Å². The number of cyclic esters (lactones) is 1. The molecule has 11 nitrogen and oxygen atoms in total. The molecule has 4 aliphatic rings. The van der Waals surface area contributed by atoms with Gasteiger partial charge in [-0.15, -0.1) is 0 Å². The molecule has 1 aromatic heterocycles. The van der Waals surface area contributed by atoms with Crippen LogP contribution in [0.25, 0.3) is 10.9 Å². The second-order valence-corrected chi connectivity index (χ2v) is 20.2. The number of benzene rings is 3. The quantitative estimate of drug-likeness (QED) is 0.188. The van der Waals surface area contributed by atoms with Crippen LogP contribution in [-0.4, -0.2) is 80.4 Å². The van der Waals surface area contributed by atoms with Crippen LogP contribution in [0, 0.1) is 27.7 Å². The first-order chi connectivity index (χ1) is 26.1. The number of fused-ring (bicyclic) bond motifs is 3. The first kappa shape index (κ1) is 38.0. The van der Waals surface area contributed by atoms with Crippen molar-refractivity contribution in [3.63, 3.8) is 0 Å². The van der Waals surface area contributed by atoms with Crippen molar-refractivity contribution >= 4 is 42.7 Å². The van der Waals surface area contributed by atoms with Gasteiger partial charge in [0.15, 0.2) is 0 Å². The minimum atomic E-state index is -3.88. The molecule has 0 saturated carbocycles. The molecule has 8 rings (SSSR count). The van der Waals surface area contributed by atoms with Crippen LogP contribution in [0.2, 0.25) is 0 Å². The van der Waals surface area contributed by atoms with Crippen LogP contribution in [0.5, 0.6) is 5.75 Å². The van der Waals surface area contributed by atoms with E-state index in [0.717, 1.165) is 57.5 Å². The zero-order valence-electron chi connectivity index (χ0n) is 32.6. The molecule has 1 unspecified atom stereocenters. The van der Waals surface area contributed by atoms with Crippen molar-refractivity contribution < 1.29 is 31.1 Å². The van der Waals surface area contributed by atoms with Gasteiger partial charge in [0.25, 0.3) is 0 Å². The van der Waals surface area contributed by atoms with Crippen LogP contribution in [0.4, 0.5) is 10.5 Å². The summed E-state index contributed by atoms with van der Waals surface area (Å²) in [5.74, 6) is 0.806. The number of pyridine rings is 1. The minimum absolute atomic E-state index is 0.0593. The Kier molecular flexibility index (Phi) is 9.44. The topological polar surface area (TPSA) is 123 Å². The molecule has 0 spiro atoms. The zero-order valence-corrected chi connectivity index (χ0v) is 34.2. The summed E-state index contributed by atoms with van der Waals surface area (Å²) in [7, 11) is -7.75. The number of carbonyl (C=O) groups excluding carboxylic acids is 1. The largest absolute Gasteiger partial charge is 0.522 e. The third kappa shape index (κ3) is 6.08. The number of sulfonamides is 2. The van der Waals surface area contributed by atoms with Crippen molar-refractivity contribution in [2.75, 3.05) is 26.2 Å². The molecule has 5 heterocycles. The lowest BCUT2D eigenvalue weighted by molar-refractivity contribution is 0.0270. The number of amides is 1. The summed E-state index contributed by atoms with van der Waals surface area (Å²) >= 11 is 0. The van der Waals surface area contributed by atoms with E-state index in [1.165, 1.54) is 4.31 Å². The summed E-state index contributed by atoms with van der Waals surface area (Å²) in [5, 5.41) is 0.770. The number of ether oxygens (including phenoxy) is 2. The van der Waals surface area contributed by atoms with Crippen LogP contribution in [0.15, 0.2) is 64.5 Å². The zero-order chi connectivity index (χ0) is 39.1. The predicted octanol–water partition coefficient (Wildman–Crippen LogP) is 7.24. The molecule has 0 bridgehead atoms. The van der Waals surface area contributed by atoms with Gasteiger partial charge in [0.05, 0.1) is 16.0 Å². The van der Waals surface area contributed by atoms with E-state index in [9.17, 15) is 21.6 Å². The maximum absolute atomic E-state index is 14.6. The van der Waals surface area contributed by atoms with Gasteiger partial charge < -0.3 is 9.47 Å². The molecule has 1 amide bonds. The van der Waals surface area contributed by atoms with Crippen LogP contribution in [-0.2, 0) is 37.8 Å². The SMILES string of the molecule is Cc1cnc2c(S(=O)(=O)N3CCC([N+]4(C5CCN(S(=O)(=O)c6c(C)c(C)c7c(c6C)CCC(C)(C)O7)CC5)C(=O)OCc5ccccc54)CC3)cccc2c1. The van der Waals surface area contributed by atoms with Crippen molar-refractivity contribution in [3.05, 3.63) is 88.1 Å². The molecule has 0 N–H and O–H groups in total. The second kappa shape index (κ2) is 13.7. The highest BCUT2D eigenvalue weighted by molar-refractivity contribution is 7.89. The monoisotopic (exact) mass is 787 g/mol. The Morgan fingerprint density at radius 1 is 0.800 bits per heavy atom. The van der Waals surface area contributed by atoms with Gasteiger partial charge in [-0.05, 0) is 100 Å². The summed E-state index contributed by atoms with van der Waals surface area (Å²) in [6.07, 6.45) is 4.65. The molecule has 0 radical (unpaired) electrons.